The Bertz CT molecular complexity index is 1490. The van der Waals surface area contributed by atoms with Gasteiger partial charge in [-0.05, 0) is 38.1 Å². The van der Waals surface area contributed by atoms with Gasteiger partial charge in [0.2, 0.25) is 11.9 Å². The Balaban J connectivity index is 1.49. The van der Waals surface area contributed by atoms with Gasteiger partial charge in [-0.3, -0.25) is 19.6 Å². The van der Waals surface area contributed by atoms with Crippen LogP contribution in [0.4, 0.5) is 16.2 Å². The van der Waals surface area contributed by atoms with Crippen molar-refractivity contribution in [2.24, 2.45) is 0 Å². The minimum atomic E-state index is -0.945. The summed E-state index contributed by atoms with van der Waals surface area (Å²) in [5.41, 5.74) is 5.40. The molecular formula is C29H38FN9O2. The van der Waals surface area contributed by atoms with E-state index >= 15 is 0 Å². The summed E-state index contributed by atoms with van der Waals surface area (Å²) < 4.78 is 13.6. The second-order valence-corrected chi connectivity index (χ2v) is 11.2. The fraction of sp³-hybridized carbons (Fsp3) is 0.483. The van der Waals surface area contributed by atoms with Gasteiger partial charge in [0.1, 0.15) is 5.82 Å². The number of aromatic amines is 1. The molecular weight excluding hydrogens is 525 g/mol. The van der Waals surface area contributed by atoms with E-state index in [4.69, 9.17) is 9.97 Å². The van der Waals surface area contributed by atoms with Crippen LogP contribution in [0.2, 0.25) is 0 Å². The lowest BCUT2D eigenvalue weighted by Gasteiger charge is -2.42. The molecule has 11 nitrogen and oxygen atoms in total. The molecule has 2 atom stereocenters. The number of carbonyl (C=O) groups is 2. The van der Waals surface area contributed by atoms with Gasteiger partial charge in [-0.25, -0.2) is 9.37 Å². The van der Waals surface area contributed by atoms with E-state index in [1.54, 1.807) is 19.0 Å². The summed E-state index contributed by atoms with van der Waals surface area (Å²) in [7, 11) is 5.58. The van der Waals surface area contributed by atoms with E-state index in [0.717, 1.165) is 28.0 Å². The van der Waals surface area contributed by atoms with E-state index in [1.807, 2.05) is 13.1 Å². The predicted octanol–water partition coefficient (Wildman–Crippen LogP) is 2.80. The lowest BCUT2D eigenvalue weighted by atomic mass is 9.89. The van der Waals surface area contributed by atoms with Gasteiger partial charge in [0.25, 0.3) is 5.91 Å². The molecule has 12 heteroatoms. The van der Waals surface area contributed by atoms with Gasteiger partial charge in [-0.15, -0.1) is 0 Å². The zero-order valence-corrected chi connectivity index (χ0v) is 24.4. The molecule has 218 valence electrons. The van der Waals surface area contributed by atoms with Gasteiger partial charge >= 0.3 is 0 Å². The summed E-state index contributed by atoms with van der Waals surface area (Å²) in [6, 6.07) is 4.03. The zero-order chi connectivity index (χ0) is 29.4. The van der Waals surface area contributed by atoms with E-state index in [2.05, 4.69) is 58.0 Å². The fourth-order valence-corrected chi connectivity index (χ4v) is 5.91. The number of piperazine rings is 1. The Morgan fingerprint density at radius 3 is 2.73 bits per heavy atom. The first kappa shape index (κ1) is 28.5. The second kappa shape index (κ2) is 11.4. The Labute approximate surface area is 239 Å². The third-order valence-corrected chi connectivity index (χ3v) is 8.15. The smallest absolute Gasteiger partial charge is 0.282 e. The largest absolute Gasteiger partial charge is 0.354 e. The van der Waals surface area contributed by atoms with Gasteiger partial charge < -0.3 is 20.0 Å². The number of hydrogen-bond acceptors (Lipinski definition) is 8. The van der Waals surface area contributed by atoms with Crippen LogP contribution in [0.15, 0.2) is 30.7 Å². The van der Waals surface area contributed by atoms with Crippen molar-refractivity contribution in [2.45, 2.75) is 45.3 Å². The monoisotopic (exact) mass is 563 g/mol. The van der Waals surface area contributed by atoms with Gasteiger partial charge in [-0.2, -0.15) is 10.1 Å². The van der Waals surface area contributed by atoms with Crippen molar-refractivity contribution in [3.8, 4) is 0 Å². The number of benzene rings is 1. The fourth-order valence-electron chi connectivity index (χ4n) is 5.91. The van der Waals surface area contributed by atoms with Crippen molar-refractivity contribution in [1.82, 2.24) is 34.9 Å². The first-order chi connectivity index (χ1) is 19.5. The average Bonchev–Trinajstić information content (AvgIpc) is 3.41. The maximum atomic E-state index is 13.6. The number of anilines is 2. The number of halogens is 1. The summed E-state index contributed by atoms with van der Waals surface area (Å²) in [6.45, 7) is 9.63. The standard InChI is InChI=1S/C29H38FN9O2/c1-17-7-8-22-20(14-32-35-22)26(17)24-13-23-21(16-37(24)6)27(34-29(33-23)31-10-9-25(40)36(4)5)38-11-12-39(18(2)15-38)28(41)19(3)30/h7-8,14,18,24H,3,9-13,15-16H2,1-2,4-6H3,(H,32,35)(H,31,33,34)/t18-,24?/m1/s1. The van der Waals surface area contributed by atoms with Crippen molar-refractivity contribution < 1.29 is 14.0 Å². The molecule has 1 aromatic carbocycles. The molecule has 2 aliphatic heterocycles. The van der Waals surface area contributed by atoms with Crippen molar-refractivity contribution in [1.29, 1.82) is 0 Å². The van der Waals surface area contributed by atoms with E-state index < -0.39 is 11.7 Å². The van der Waals surface area contributed by atoms with Crippen molar-refractivity contribution in [3.05, 3.63) is 53.1 Å². The molecule has 2 N–H and O–H groups in total. The lowest BCUT2D eigenvalue weighted by molar-refractivity contribution is -0.131. The Hall–Kier alpha value is -4.06. The number of amides is 2. The van der Waals surface area contributed by atoms with Crippen molar-refractivity contribution >= 4 is 34.5 Å². The number of hydrogen-bond donors (Lipinski definition) is 2. The van der Waals surface area contributed by atoms with Crippen LogP contribution in [0.5, 0.6) is 0 Å². The highest BCUT2D eigenvalue weighted by atomic mass is 19.1. The molecule has 1 fully saturated rings. The molecule has 5 rings (SSSR count). The number of H-pyrrole nitrogens is 1. The molecule has 0 radical (unpaired) electrons. The Kier molecular flexibility index (Phi) is 7.94. The number of likely N-dealkylation sites (N-methyl/N-ethyl adjacent to an activating group) is 1. The van der Waals surface area contributed by atoms with Crippen LogP contribution in [-0.4, -0.2) is 100 Å². The normalized spacial score (nSPS) is 19.3. The molecule has 1 saturated heterocycles. The number of nitrogens with zero attached hydrogens (tertiary/aromatic N) is 7. The first-order valence-electron chi connectivity index (χ1n) is 13.9. The van der Waals surface area contributed by atoms with E-state index in [1.165, 1.54) is 16.0 Å². The van der Waals surface area contributed by atoms with Crippen LogP contribution in [0.25, 0.3) is 10.9 Å². The lowest BCUT2D eigenvalue weighted by Crippen LogP contribution is -2.54. The van der Waals surface area contributed by atoms with Crippen molar-refractivity contribution in [3.63, 3.8) is 0 Å². The zero-order valence-electron chi connectivity index (χ0n) is 24.4. The molecule has 1 unspecified atom stereocenters. The van der Waals surface area contributed by atoms with Crippen LogP contribution in [0.3, 0.4) is 0 Å². The van der Waals surface area contributed by atoms with E-state index in [0.29, 0.717) is 51.5 Å². The third kappa shape index (κ3) is 5.61. The molecule has 4 heterocycles. The van der Waals surface area contributed by atoms with Gasteiger partial charge in [0, 0.05) is 82.7 Å². The average molecular weight is 564 g/mol. The Morgan fingerprint density at radius 1 is 1.24 bits per heavy atom. The maximum absolute atomic E-state index is 13.6. The number of rotatable bonds is 7. The molecule has 2 aromatic heterocycles. The summed E-state index contributed by atoms with van der Waals surface area (Å²) in [4.78, 5) is 41.9. The highest BCUT2D eigenvalue weighted by molar-refractivity contribution is 5.91. The number of nitrogens with one attached hydrogen (secondary N) is 2. The number of carbonyl (C=O) groups excluding carboxylic acids is 2. The summed E-state index contributed by atoms with van der Waals surface area (Å²) >= 11 is 0. The highest BCUT2D eigenvalue weighted by Crippen LogP contribution is 2.39. The van der Waals surface area contributed by atoms with Crippen molar-refractivity contribution in [2.75, 3.05) is 57.5 Å². The van der Waals surface area contributed by atoms with Crippen LogP contribution in [0, 0.1) is 6.92 Å². The quantitative estimate of drug-likeness (QED) is 0.422. The molecule has 41 heavy (non-hydrogen) atoms. The maximum Gasteiger partial charge on any atom is 0.282 e. The number of aryl methyl sites for hydroxylation is 1. The van der Waals surface area contributed by atoms with Gasteiger partial charge in [0.05, 0.1) is 17.4 Å². The minimum Gasteiger partial charge on any atom is -0.354 e. The second-order valence-electron chi connectivity index (χ2n) is 11.2. The number of aromatic nitrogens is 4. The van der Waals surface area contributed by atoms with Gasteiger partial charge in [-0.1, -0.05) is 12.6 Å². The van der Waals surface area contributed by atoms with Crippen LogP contribution in [-0.2, 0) is 22.6 Å². The van der Waals surface area contributed by atoms with Crippen LogP contribution in [0.1, 0.15) is 41.8 Å². The molecule has 0 aliphatic carbocycles. The summed E-state index contributed by atoms with van der Waals surface area (Å²) in [5, 5.41) is 11.7. The molecule has 0 spiro atoms. The molecule has 2 amide bonds. The van der Waals surface area contributed by atoms with Crippen LogP contribution < -0.4 is 10.2 Å². The molecule has 2 aliphatic rings. The predicted molar refractivity (Wildman–Crippen MR) is 156 cm³/mol. The minimum absolute atomic E-state index is 0.0186. The summed E-state index contributed by atoms with van der Waals surface area (Å²) in [6.07, 6.45) is 2.88. The molecule has 0 bridgehead atoms. The highest BCUT2D eigenvalue weighted by Gasteiger charge is 2.35. The van der Waals surface area contributed by atoms with E-state index in [9.17, 15) is 14.0 Å². The first-order valence-corrected chi connectivity index (χ1v) is 13.9. The topological polar surface area (TPSA) is 114 Å². The van der Waals surface area contributed by atoms with E-state index in [-0.39, 0.29) is 18.0 Å². The molecule has 0 saturated carbocycles. The molecule has 3 aromatic rings. The SMILES string of the molecule is C=C(F)C(=O)N1CCN(c2nc(NCCC(=O)N(C)C)nc3c2CN(C)C(c2c(C)ccc4[nH]ncc24)C3)C[C@H]1C. The Morgan fingerprint density at radius 2 is 2.02 bits per heavy atom. The number of fused-ring (bicyclic) bond motifs is 2. The van der Waals surface area contributed by atoms with Gasteiger partial charge in [0.15, 0.2) is 5.83 Å². The summed E-state index contributed by atoms with van der Waals surface area (Å²) in [5.74, 6) is -0.321. The third-order valence-electron chi connectivity index (χ3n) is 8.15. The van der Waals surface area contributed by atoms with Crippen LogP contribution >= 0.6 is 0 Å².